The van der Waals surface area contributed by atoms with Gasteiger partial charge in [0.1, 0.15) is 12.4 Å². The molecular formula is C23H15ClN4O3. The topological polar surface area (TPSA) is 95.2 Å². The highest BCUT2D eigenvalue weighted by Gasteiger charge is 2.36. The fourth-order valence-corrected chi connectivity index (χ4v) is 3.82. The number of halogens is 1. The lowest BCUT2D eigenvalue weighted by Gasteiger charge is -2.13. The molecule has 0 unspecified atom stereocenters. The standard InChI is InChI=1S/C23H15ClN4O3/c24-17-8-4-3-7-16(17)21-26-18-10-9-13(11-19(18)27-21)25-20(29)12-28-22(30)14-5-1-2-6-15(14)23(28)31/h1-11H,12H2,(H,25,29)(H,26,27). The number of imidazole rings is 1. The van der Waals surface area contributed by atoms with E-state index >= 15 is 0 Å². The third-order valence-electron chi connectivity index (χ3n) is 5.07. The number of hydrogen-bond donors (Lipinski definition) is 2. The van der Waals surface area contributed by atoms with Crippen LogP contribution in [0.1, 0.15) is 20.7 Å². The van der Waals surface area contributed by atoms with E-state index in [-0.39, 0.29) is 6.54 Å². The number of amides is 3. The first-order valence-electron chi connectivity index (χ1n) is 9.51. The number of rotatable bonds is 4. The number of benzene rings is 3. The first kappa shape index (κ1) is 19.0. The highest BCUT2D eigenvalue weighted by Crippen LogP contribution is 2.28. The predicted molar refractivity (Wildman–Crippen MR) is 117 cm³/mol. The minimum absolute atomic E-state index is 0.311. The number of aromatic nitrogens is 2. The minimum Gasteiger partial charge on any atom is -0.338 e. The molecule has 1 aromatic heterocycles. The molecule has 1 aliphatic rings. The van der Waals surface area contributed by atoms with Crippen LogP contribution in [0.3, 0.4) is 0 Å². The third kappa shape index (κ3) is 3.35. The number of fused-ring (bicyclic) bond motifs is 2. The number of anilines is 1. The Kier molecular flexibility index (Phi) is 4.52. The van der Waals surface area contributed by atoms with Gasteiger partial charge in [0.2, 0.25) is 5.91 Å². The van der Waals surface area contributed by atoms with Crippen molar-refractivity contribution in [1.82, 2.24) is 14.9 Å². The molecule has 0 fully saturated rings. The molecule has 0 spiro atoms. The van der Waals surface area contributed by atoms with Crippen LogP contribution in [0.15, 0.2) is 66.7 Å². The van der Waals surface area contributed by atoms with Gasteiger partial charge in [-0.2, -0.15) is 0 Å². The van der Waals surface area contributed by atoms with Gasteiger partial charge in [0.25, 0.3) is 11.8 Å². The van der Waals surface area contributed by atoms with Gasteiger partial charge in [-0.25, -0.2) is 4.98 Å². The smallest absolute Gasteiger partial charge is 0.262 e. The van der Waals surface area contributed by atoms with Crippen LogP contribution in [-0.4, -0.2) is 39.1 Å². The third-order valence-corrected chi connectivity index (χ3v) is 5.40. The summed E-state index contributed by atoms with van der Waals surface area (Å²) < 4.78 is 0. The number of carbonyl (C=O) groups is 3. The van der Waals surface area contributed by atoms with E-state index in [4.69, 9.17) is 11.6 Å². The second-order valence-corrected chi connectivity index (χ2v) is 7.49. The molecule has 31 heavy (non-hydrogen) atoms. The first-order chi connectivity index (χ1) is 15.0. The van der Waals surface area contributed by atoms with Gasteiger partial charge in [0, 0.05) is 11.3 Å². The highest BCUT2D eigenvalue weighted by atomic mass is 35.5. The van der Waals surface area contributed by atoms with Crippen molar-refractivity contribution < 1.29 is 14.4 Å². The summed E-state index contributed by atoms with van der Waals surface area (Å²) in [6.07, 6.45) is 0. The Labute approximate surface area is 181 Å². The van der Waals surface area contributed by atoms with Crippen molar-refractivity contribution in [2.45, 2.75) is 0 Å². The largest absolute Gasteiger partial charge is 0.338 e. The number of nitrogens with one attached hydrogen (secondary N) is 2. The normalized spacial score (nSPS) is 13.0. The molecule has 1 aliphatic heterocycles. The fourth-order valence-electron chi connectivity index (χ4n) is 3.60. The Morgan fingerprint density at radius 2 is 1.58 bits per heavy atom. The fraction of sp³-hybridized carbons (Fsp3) is 0.0435. The van der Waals surface area contributed by atoms with Crippen LogP contribution in [-0.2, 0) is 4.79 Å². The van der Waals surface area contributed by atoms with Crippen LogP contribution in [0.4, 0.5) is 5.69 Å². The molecule has 0 radical (unpaired) electrons. The number of hydrogen-bond acceptors (Lipinski definition) is 4. The van der Waals surface area contributed by atoms with E-state index in [1.54, 1.807) is 48.5 Å². The van der Waals surface area contributed by atoms with Crippen LogP contribution >= 0.6 is 11.6 Å². The molecule has 0 saturated heterocycles. The maximum absolute atomic E-state index is 12.5. The summed E-state index contributed by atoms with van der Waals surface area (Å²) in [5.41, 5.74) is 3.35. The summed E-state index contributed by atoms with van der Waals surface area (Å²) in [6, 6.07) is 19.1. The molecule has 3 aromatic carbocycles. The summed E-state index contributed by atoms with van der Waals surface area (Å²) in [6.45, 7) is -0.363. The molecule has 4 aromatic rings. The van der Waals surface area contributed by atoms with E-state index in [1.165, 1.54) is 0 Å². The van der Waals surface area contributed by atoms with Gasteiger partial charge in [-0.3, -0.25) is 19.3 Å². The van der Waals surface area contributed by atoms with E-state index in [0.717, 1.165) is 10.5 Å². The second kappa shape index (κ2) is 7.37. The van der Waals surface area contributed by atoms with Crippen molar-refractivity contribution in [3.8, 4) is 11.4 Å². The van der Waals surface area contributed by atoms with Crippen LogP contribution < -0.4 is 5.32 Å². The number of H-pyrrole nitrogens is 1. The Morgan fingerprint density at radius 3 is 2.26 bits per heavy atom. The number of carbonyl (C=O) groups excluding carboxylic acids is 3. The molecule has 7 nitrogen and oxygen atoms in total. The van der Waals surface area contributed by atoms with Crippen molar-refractivity contribution in [2.75, 3.05) is 11.9 Å². The summed E-state index contributed by atoms with van der Waals surface area (Å²) in [5, 5.41) is 3.31. The Morgan fingerprint density at radius 1 is 0.935 bits per heavy atom. The molecule has 152 valence electrons. The van der Waals surface area contributed by atoms with Gasteiger partial charge < -0.3 is 10.3 Å². The molecule has 0 aliphatic carbocycles. The predicted octanol–water partition coefficient (Wildman–Crippen LogP) is 4.12. The number of imide groups is 1. The van der Waals surface area contributed by atoms with E-state index in [9.17, 15) is 14.4 Å². The van der Waals surface area contributed by atoms with E-state index < -0.39 is 17.7 Å². The summed E-state index contributed by atoms with van der Waals surface area (Å²) >= 11 is 6.25. The lowest BCUT2D eigenvalue weighted by atomic mass is 10.1. The molecule has 5 rings (SSSR count). The Hall–Kier alpha value is -3.97. The number of nitrogens with zero attached hydrogens (tertiary/aromatic N) is 2. The lowest BCUT2D eigenvalue weighted by molar-refractivity contribution is -0.116. The quantitative estimate of drug-likeness (QED) is 0.476. The number of aromatic amines is 1. The van der Waals surface area contributed by atoms with Gasteiger partial charge in [-0.05, 0) is 42.5 Å². The van der Waals surface area contributed by atoms with E-state index in [0.29, 0.717) is 38.7 Å². The zero-order valence-corrected chi connectivity index (χ0v) is 16.8. The Balaban J connectivity index is 1.34. The highest BCUT2D eigenvalue weighted by molar-refractivity contribution is 6.33. The molecule has 8 heteroatoms. The second-order valence-electron chi connectivity index (χ2n) is 7.09. The summed E-state index contributed by atoms with van der Waals surface area (Å²) in [5.74, 6) is -0.789. The molecule has 2 heterocycles. The first-order valence-corrected chi connectivity index (χ1v) is 9.89. The molecule has 0 bridgehead atoms. The van der Waals surface area contributed by atoms with Crippen LogP contribution in [0.5, 0.6) is 0 Å². The average Bonchev–Trinajstić information content (AvgIpc) is 3.29. The lowest BCUT2D eigenvalue weighted by Crippen LogP contribution is -2.37. The minimum atomic E-state index is -0.473. The molecule has 0 atom stereocenters. The summed E-state index contributed by atoms with van der Waals surface area (Å²) in [7, 11) is 0. The van der Waals surface area contributed by atoms with Crippen molar-refractivity contribution in [3.05, 3.63) is 82.9 Å². The van der Waals surface area contributed by atoms with Crippen molar-refractivity contribution in [2.24, 2.45) is 0 Å². The van der Waals surface area contributed by atoms with Crippen molar-refractivity contribution in [3.63, 3.8) is 0 Å². The van der Waals surface area contributed by atoms with E-state index in [2.05, 4.69) is 15.3 Å². The maximum Gasteiger partial charge on any atom is 0.262 e. The van der Waals surface area contributed by atoms with Gasteiger partial charge in [0.15, 0.2) is 0 Å². The van der Waals surface area contributed by atoms with Crippen molar-refractivity contribution >= 4 is 46.0 Å². The van der Waals surface area contributed by atoms with Gasteiger partial charge in [-0.1, -0.05) is 35.9 Å². The molecule has 0 saturated carbocycles. The molecule has 3 amide bonds. The van der Waals surface area contributed by atoms with Gasteiger partial charge in [0.05, 0.1) is 27.2 Å². The van der Waals surface area contributed by atoms with Crippen LogP contribution in [0.2, 0.25) is 5.02 Å². The van der Waals surface area contributed by atoms with Crippen LogP contribution in [0, 0.1) is 0 Å². The van der Waals surface area contributed by atoms with Gasteiger partial charge >= 0.3 is 0 Å². The SMILES string of the molecule is O=C(CN1C(=O)c2ccccc2C1=O)Nc1ccc2nc(-c3ccccc3Cl)[nH]c2c1. The zero-order valence-electron chi connectivity index (χ0n) is 16.1. The van der Waals surface area contributed by atoms with Gasteiger partial charge in [-0.15, -0.1) is 0 Å². The van der Waals surface area contributed by atoms with Crippen molar-refractivity contribution in [1.29, 1.82) is 0 Å². The average molecular weight is 431 g/mol. The van der Waals surface area contributed by atoms with E-state index in [1.807, 2.05) is 18.2 Å². The molecular weight excluding hydrogens is 416 g/mol. The maximum atomic E-state index is 12.5. The van der Waals surface area contributed by atoms with Crippen LogP contribution in [0.25, 0.3) is 22.4 Å². The monoisotopic (exact) mass is 430 g/mol. The summed E-state index contributed by atoms with van der Waals surface area (Å²) in [4.78, 5) is 46.1. The molecule has 2 N–H and O–H groups in total. The Bertz CT molecular complexity index is 1340. The zero-order chi connectivity index (χ0) is 21.5.